The van der Waals surface area contributed by atoms with Gasteiger partial charge in [0.2, 0.25) is 15.5 Å². The molecule has 37 heavy (non-hydrogen) atoms. The van der Waals surface area contributed by atoms with E-state index in [1.165, 1.54) is 10.5 Å². The van der Waals surface area contributed by atoms with E-state index in [4.69, 9.17) is 0 Å². The third-order valence-electron chi connectivity index (χ3n) is 7.69. The molecule has 3 heterocycles. The van der Waals surface area contributed by atoms with Gasteiger partial charge in [-0.3, -0.25) is 4.79 Å². The molecule has 1 unspecified atom stereocenters. The van der Waals surface area contributed by atoms with Gasteiger partial charge in [-0.1, -0.05) is 35.9 Å². The van der Waals surface area contributed by atoms with Crippen LogP contribution in [0.5, 0.6) is 0 Å². The highest BCUT2D eigenvalue weighted by Crippen LogP contribution is 2.38. The number of benzene rings is 3. The summed E-state index contributed by atoms with van der Waals surface area (Å²) in [7, 11) is -3.61. The standard InChI is InChI=1S/C29H26N2O5S/c1-17-3-8-22(9-4-17)37(35,36)30-14-20-7-6-19(13-21(20)15-30)23-11-12-25-27-24(23)10-5-18(2)31(27)16-26(28(25)32)29(33)34/h3-4,6-9,11-13,16,18H,5,10,14-15H2,1-2H3,(H,33,34). The second kappa shape index (κ2) is 8.39. The number of rotatable bonds is 4. The summed E-state index contributed by atoms with van der Waals surface area (Å²) in [6.45, 7) is 4.58. The lowest BCUT2D eigenvalue weighted by Crippen LogP contribution is -2.25. The zero-order valence-corrected chi connectivity index (χ0v) is 21.4. The van der Waals surface area contributed by atoms with Crippen LogP contribution in [0.3, 0.4) is 0 Å². The maximum Gasteiger partial charge on any atom is 0.341 e. The number of aromatic carboxylic acids is 1. The van der Waals surface area contributed by atoms with E-state index in [9.17, 15) is 23.1 Å². The van der Waals surface area contributed by atoms with Crippen molar-refractivity contribution >= 4 is 26.9 Å². The molecule has 8 heteroatoms. The van der Waals surface area contributed by atoms with Gasteiger partial charge in [0.25, 0.3) is 0 Å². The summed E-state index contributed by atoms with van der Waals surface area (Å²) in [5.41, 5.74) is 6.01. The smallest absolute Gasteiger partial charge is 0.341 e. The predicted octanol–water partition coefficient (Wildman–Crippen LogP) is 4.89. The largest absolute Gasteiger partial charge is 0.477 e. The van der Waals surface area contributed by atoms with Crippen molar-refractivity contribution in [2.24, 2.45) is 0 Å². The van der Waals surface area contributed by atoms with Gasteiger partial charge in [0.05, 0.1) is 10.4 Å². The number of hydrogen-bond donors (Lipinski definition) is 1. The Morgan fingerprint density at radius 3 is 2.46 bits per heavy atom. The fourth-order valence-corrected chi connectivity index (χ4v) is 6.99. The fourth-order valence-electron chi connectivity index (χ4n) is 5.60. The topological polar surface area (TPSA) is 96.7 Å². The number of carbonyl (C=O) groups is 1. The first-order valence-electron chi connectivity index (χ1n) is 12.3. The monoisotopic (exact) mass is 514 g/mol. The summed E-state index contributed by atoms with van der Waals surface area (Å²) < 4.78 is 29.9. The molecular weight excluding hydrogens is 488 g/mol. The number of sulfonamides is 1. The van der Waals surface area contributed by atoms with Gasteiger partial charge in [0.15, 0.2) is 0 Å². The van der Waals surface area contributed by atoms with Gasteiger partial charge >= 0.3 is 5.97 Å². The van der Waals surface area contributed by atoms with Crippen LogP contribution in [-0.2, 0) is 29.5 Å². The molecule has 7 nitrogen and oxygen atoms in total. The molecule has 0 aliphatic carbocycles. The van der Waals surface area contributed by atoms with Crippen LogP contribution in [-0.4, -0.2) is 28.4 Å². The van der Waals surface area contributed by atoms with Crippen molar-refractivity contribution in [3.05, 3.63) is 98.8 Å². The molecule has 1 atom stereocenters. The second-order valence-electron chi connectivity index (χ2n) is 10.0. The van der Waals surface area contributed by atoms with E-state index in [0.717, 1.165) is 51.7 Å². The lowest BCUT2D eigenvalue weighted by atomic mass is 9.88. The minimum atomic E-state index is -3.61. The third kappa shape index (κ3) is 3.70. The molecule has 0 amide bonds. The number of pyridine rings is 1. The van der Waals surface area contributed by atoms with Crippen molar-refractivity contribution in [1.82, 2.24) is 8.87 Å². The molecule has 6 rings (SSSR count). The second-order valence-corrected chi connectivity index (χ2v) is 12.0. The Morgan fingerprint density at radius 2 is 1.73 bits per heavy atom. The number of hydrogen-bond acceptors (Lipinski definition) is 4. The van der Waals surface area contributed by atoms with E-state index < -0.39 is 21.4 Å². The maximum atomic E-state index is 13.3. The summed E-state index contributed by atoms with van der Waals surface area (Å²) in [6.07, 6.45) is 3.07. The van der Waals surface area contributed by atoms with Gasteiger partial charge in [-0.25, -0.2) is 13.2 Å². The molecule has 3 aromatic carbocycles. The summed E-state index contributed by atoms with van der Waals surface area (Å²) >= 11 is 0. The number of aromatic nitrogens is 1. The van der Waals surface area contributed by atoms with Gasteiger partial charge in [0, 0.05) is 30.7 Å². The van der Waals surface area contributed by atoms with Crippen LogP contribution >= 0.6 is 0 Å². The highest BCUT2D eigenvalue weighted by Gasteiger charge is 2.31. The summed E-state index contributed by atoms with van der Waals surface area (Å²) in [5, 5.41) is 9.96. The number of carboxylic acid groups (broad SMARTS) is 1. The molecular formula is C29H26N2O5S. The molecule has 1 aromatic heterocycles. The first-order chi connectivity index (χ1) is 17.6. The van der Waals surface area contributed by atoms with Crippen molar-refractivity contribution in [3.8, 4) is 11.1 Å². The van der Waals surface area contributed by atoms with Crippen molar-refractivity contribution in [2.45, 2.75) is 50.7 Å². The van der Waals surface area contributed by atoms with Gasteiger partial charge in [-0.05, 0) is 78.8 Å². The Labute approximate surface area is 214 Å². The molecule has 2 aliphatic heterocycles. The van der Waals surface area contributed by atoms with Gasteiger partial charge < -0.3 is 9.67 Å². The molecule has 0 bridgehead atoms. The summed E-state index contributed by atoms with van der Waals surface area (Å²) in [6, 6.07) is 16.6. The average molecular weight is 515 g/mol. The minimum absolute atomic E-state index is 0.0736. The van der Waals surface area contributed by atoms with Crippen LogP contribution < -0.4 is 5.43 Å². The SMILES string of the molecule is Cc1ccc(S(=O)(=O)N2Cc3ccc(-c4ccc5c(=O)c(C(=O)O)cn6c5c4CCC6C)cc3C2)cc1. The van der Waals surface area contributed by atoms with Crippen LogP contribution in [0.15, 0.2) is 70.5 Å². The van der Waals surface area contributed by atoms with Crippen LogP contribution in [0.25, 0.3) is 22.0 Å². The molecule has 0 spiro atoms. The molecule has 1 N–H and O–H groups in total. The number of carboxylic acids is 1. The van der Waals surface area contributed by atoms with Crippen molar-refractivity contribution in [2.75, 3.05) is 0 Å². The van der Waals surface area contributed by atoms with Gasteiger partial charge in [0.1, 0.15) is 5.56 Å². The van der Waals surface area contributed by atoms with Crippen molar-refractivity contribution < 1.29 is 18.3 Å². The van der Waals surface area contributed by atoms with Crippen LogP contribution in [0.1, 0.15) is 52.0 Å². The van der Waals surface area contributed by atoms with Crippen molar-refractivity contribution in [1.29, 1.82) is 0 Å². The van der Waals surface area contributed by atoms with Crippen LogP contribution in [0, 0.1) is 6.92 Å². The van der Waals surface area contributed by atoms with E-state index in [-0.39, 0.29) is 16.5 Å². The number of nitrogens with zero attached hydrogens (tertiary/aromatic N) is 2. The molecule has 0 fully saturated rings. The van der Waals surface area contributed by atoms with E-state index >= 15 is 0 Å². The summed E-state index contributed by atoms with van der Waals surface area (Å²) in [5.74, 6) is -1.22. The fraction of sp³-hybridized carbons (Fsp3) is 0.241. The molecule has 0 saturated carbocycles. The molecule has 4 aromatic rings. The van der Waals surface area contributed by atoms with Gasteiger partial charge in [-0.15, -0.1) is 0 Å². The van der Waals surface area contributed by atoms with Crippen LogP contribution in [0.2, 0.25) is 0 Å². The Balaban J connectivity index is 1.42. The Hall–Kier alpha value is -3.75. The summed E-state index contributed by atoms with van der Waals surface area (Å²) in [4.78, 5) is 24.9. The first-order valence-corrected chi connectivity index (χ1v) is 13.7. The third-order valence-corrected chi connectivity index (χ3v) is 9.49. The van der Waals surface area contributed by atoms with Crippen LogP contribution in [0.4, 0.5) is 0 Å². The molecule has 188 valence electrons. The first kappa shape index (κ1) is 23.6. The number of aryl methyl sites for hydroxylation is 2. The van der Waals surface area contributed by atoms with E-state index in [1.54, 1.807) is 30.3 Å². The highest BCUT2D eigenvalue weighted by molar-refractivity contribution is 7.89. The van der Waals surface area contributed by atoms with Gasteiger partial charge in [-0.2, -0.15) is 4.31 Å². The zero-order valence-electron chi connectivity index (χ0n) is 20.6. The predicted molar refractivity (Wildman–Crippen MR) is 141 cm³/mol. The highest BCUT2D eigenvalue weighted by atomic mass is 32.2. The normalized spacial score (nSPS) is 17.2. The minimum Gasteiger partial charge on any atom is -0.477 e. The number of fused-ring (bicyclic) bond motifs is 1. The van der Waals surface area contributed by atoms with E-state index in [2.05, 4.69) is 0 Å². The van der Waals surface area contributed by atoms with E-state index in [0.29, 0.717) is 18.5 Å². The lowest BCUT2D eigenvalue weighted by molar-refractivity contribution is 0.0694. The zero-order chi connectivity index (χ0) is 26.1. The molecule has 0 radical (unpaired) electrons. The Kier molecular flexibility index (Phi) is 5.36. The quantitative estimate of drug-likeness (QED) is 0.418. The van der Waals surface area contributed by atoms with Crippen molar-refractivity contribution in [3.63, 3.8) is 0 Å². The van der Waals surface area contributed by atoms with E-state index in [1.807, 2.05) is 42.7 Å². The molecule has 0 saturated heterocycles. The Morgan fingerprint density at radius 1 is 1.00 bits per heavy atom. The molecule has 2 aliphatic rings. The average Bonchev–Trinajstić information content (AvgIpc) is 3.31. The lowest BCUT2D eigenvalue weighted by Gasteiger charge is -2.28. The maximum absolute atomic E-state index is 13.3. The Bertz CT molecular complexity index is 1770.